The number of hydrogen-bond acceptors (Lipinski definition) is 7. The van der Waals surface area contributed by atoms with Crippen molar-refractivity contribution in [3.8, 4) is 5.88 Å². The van der Waals surface area contributed by atoms with E-state index in [1.165, 1.54) is 69.5 Å². The van der Waals surface area contributed by atoms with Crippen molar-refractivity contribution in [1.29, 1.82) is 0 Å². The summed E-state index contributed by atoms with van der Waals surface area (Å²) in [7, 11) is 1.74. The lowest BCUT2D eigenvalue weighted by Gasteiger charge is -2.42. The van der Waals surface area contributed by atoms with Gasteiger partial charge in [0.15, 0.2) is 0 Å². The van der Waals surface area contributed by atoms with Crippen LogP contribution in [0.3, 0.4) is 0 Å². The van der Waals surface area contributed by atoms with Gasteiger partial charge in [0.1, 0.15) is 18.8 Å². The molecule has 1 aromatic rings. The molecule has 1 aliphatic rings. The first-order chi connectivity index (χ1) is 19.0. The Hall–Kier alpha value is -1.51. The molecule has 2 unspecified atom stereocenters. The first-order valence-electron chi connectivity index (χ1n) is 15.7. The Morgan fingerprint density at radius 1 is 0.949 bits per heavy atom. The van der Waals surface area contributed by atoms with Crippen molar-refractivity contribution >= 4 is 23.3 Å². The monoisotopic (exact) mass is 566 g/mol. The number of esters is 1. The van der Waals surface area contributed by atoms with E-state index >= 15 is 0 Å². The SMILES string of the molecule is CCCCCCCCCCCC(OC(=O)CC(C)C)[N+]1(OC)CCC=C(c2nsnc2OCCCCCC)C1. The summed E-state index contributed by atoms with van der Waals surface area (Å²) in [6.07, 6.45) is 19.9. The average Bonchev–Trinajstić information content (AvgIpc) is 3.39. The van der Waals surface area contributed by atoms with E-state index in [0.717, 1.165) is 56.3 Å². The van der Waals surface area contributed by atoms with E-state index in [9.17, 15) is 4.79 Å². The second kappa shape index (κ2) is 19.5. The molecule has 8 heteroatoms. The van der Waals surface area contributed by atoms with Gasteiger partial charge in [-0.1, -0.05) is 104 Å². The fraction of sp³-hybridized carbons (Fsp3) is 0.839. The first-order valence-corrected chi connectivity index (χ1v) is 16.5. The van der Waals surface area contributed by atoms with Crippen LogP contribution in [0.1, 0.15) is 136 Å². The van der Waals surface area contributed by atoms with Crippen molar-refractivity contribution in [3.05, 3.63) is 11.8 Å². The molecule has 0 aromatic carbocycles. The Labute approximate surface area is 242 Å². The van der Waals surface area contributed by atoms with Gasteiger partial charge in [0.25, 0.3) is 12.1 Å². The van der Waals surface area contributed by atoms with Gasteiger partial charge in [-0.2, -0.15) is 4.37 Å². The number of unbranched alkanes of at least 4 members (excludes halogenated alkanes) is 11. The molecule has 2 heterocycles. The van der Waals surface area contributed by atoms with Gasteiger partial charge in [0.05, 0.1) is 25.4 Å². The van der Waals surface area contributed by atoms with Gasteiger partial charge in [0.2, 0.25) is 0 Å². The minimum Gasteiger partial charge on any atom is -0.475 e. The van der Waals surface area contributed by atoms with E-state index in [1.54, 1.807) is 7.11 Å². The van der Waals surface area contributed by atoms with Gasteiger partial charge < -0.3 is 9.47 Å². The van der Waals surface area contributed by atoms with Crippen LogP contribution in [0.2, 0.25) is 0 Å². The van der Waals surface area contributed by atoms with Crippen molar-refractivity contribution in [2.75, 3.05) is 26.8 Å². The molecule has 0 saturated heterocycles. The maximum absolute atomic E-state index is 12.8. The number of carbonyl (C=O) groups excluding carboxylic acids is 1. The molecule has 1 aliphatic heterocycles. The average molecular weight is 567 g/mol. The van der Waals surface area contributed by atoms with Crippen LogP contribution in [0.4, 0.5) is 0 Å². The van der Waals surface area contributed by atoms with Crippen LogP contribution in [-0.4, -0.2) is 52.4 Å². The van der Waals surface area contributed by atoms with E-state index in [0.29, 0.717) is 25.5 Å². The van der Waals surface area contributed by atoms with Crippen LogP contribution in [0.15, 0.2) is 6.08 Å². The third kappa shape index (κ3) is 12.3. The molecule has 7 nitrogen and oxygen atoms in total. The Bertz CT molecular complexity index is 829. The summed E-state index contributed by atoms with van der Waals surface area (Å²) >= 11 is 1.19. The lowest BCUT2D eigenvalue weighted by atomic mass is 10.0. The Balaban J connectivity index is 2.03. The maximum atomic E-state index is 12.8. The van der Waals surface area contributed by atoms with E-state index < -0.39 is 0 Å². The van der Waals surface area contributed by atoms with Crippen LogP contribution < -0.4 is 4.74 Å². The number of carbonyl (C=O) groups is 1. The van der Waals surface area contributed by atoms with Crippen molar-refractivity contribution in [1.82, 2.24) is 8.75 Å². The Kier molecular flexibility index (Phi) is 16.9. The summed E-state index contributed by atoms with van der Waals surface area (Å²) in [5.41, 5.74) is 1.88. The molecular weight excluding hydrogens is 510 g/mol. The lowest BCUT2D eigenvalue weighted by molar-refractivity contribution is -1.13. The zero-order chi connectivity index (χ0) is 28.3. The van der Waals surface area contributed by atoms with Crippen molar-refractivity contribution in [3.63, 3.8) is 0 Å². The highest BCUT2D eigenvalue weighted by atomic mass is 32.1. The van der Waals surface area contributed by atoms with Crippen LogP contribution in [-0.2, 0) is 14.4 Å². The number of hydroxylamine groups is 3. The van der Waals surface area contributed by atoms with Crippen LogP contribution in [0.5, 0.6) is 5.88 Å². The van der Waals surface area contributed by atoms with Gasteiger partial charge >= 0.3 is 5.97 Å². The number of nitrogens with zero attached hydrogens (tertiary/aromatic N) is 3. The highest BCUT2D eigenvalue weighted by Gasteiger charge is 2.44. The van der Waals surface area contributed by atoms with E-state index in [2.05, 4.69) is 42.5 Å². The minimum atomic E-state index is -0.334. The van der Waals surface area contributed by atoms with Gasteiger partial charge in [-0.15, -0.1) is 9.02 Å². The van der Waals surface area contributed by atoms with E-state index in [4.69, 9.17) is 14.3 Å². The van der Waals surface area contributed by atoms with Crippen molar-refractivity contribution < 1.29 is 23.8 Å². The van der Waals surface area contributed by atoms with Gasteiger partial charge in [0, 0.05) is 24.8 Å². The largest absolute Gasteiger partial charge is 0.475 e. The fourth-order valence-corrected chi connectivity index (χ4v) is 5.83. The number of aromatic nitrogens is 2. The minimum absolute atomic E-state index is 0.136. The van der Waals surface area contributed by atoms with Crippen molar-refractivity contribution in [2.45, 2.75) is 137 Å². The molecule has 2 atom stereocenters. The summed E-state index contributed by atoms with van der Waals surface area (Å²) in [6.45, 7) is 10.6. The smallest absolute Gasteiger partial charge is 0.310 e. The molecule has 0 amide bonds. The molecule has 0 fully saturated rings. The summed E-state index contributed by atoms with van der Waals surface area (Å²) in [5.74, 6) is 0.742. The molecule has 0 bridgehead atoms. The summed E-state index contributed by atoms with van der Waals surface area (Å²) in [5, 5.41) is 0. The fourth-order valence-electron chi connectivity index (χ4n) is 5.30. The predicted octanol–water partition coefficient (Wildman–Crippen LogP) is 8.50. The molecule has 224 valence electrons. The number of ether oxygens (including phenoxy) is 2. The maximum Gasteiger partial charge on any atom is 0.310 e. The molecule has 0 spiro atoms. The molecule has 1 aromatic heterocycles. The van der Waals surface area contributed by atoms with Crippen LogP contribution in [0, 0.1) is 5.92 Å². The zero-order valence-corrected chi connectivity index (χ0v) is 26.4. The molecule has 39 heavy (non-hydrogen) atoms. The normalized spacial score (nSPS) is 18.3. The third-order valence-electron chi connectivity index (χ3n) is 7.62. The summed E-state index contributed by atoms with van der Waals surface area (Å²) in [4.78, 5) is 19.0. The second-order valence-corrected chi connectivity index (χ2v) is 12.0. The molecule has 0 saturated carbocycles. The van der Waals surface area contributed by atoms with E-state index in [-0.39, 0.29) is 22.8 Å². The summed E-state index contributed by atoms with van der Waals surface area (Å²) in [6, 6.07) is 0. The molecule has 0 N–H and O–H groups in total. The number of rotatable bonds is 22. The van der Waals surface area contributed by atoms with Crippen molar-refractivity contribution in [2.24, 2.45) is 5.92 Å². The standard InChI is InChI=1S/C31H56N3O4S/c1-6-8-10-12-13-14-15-16-17-21-28(38-29(35)24-26(3)4)34(36-5)22-19-20-27(25-34)30-31(33-39-32-30)37-23-18-11-9-7-2/h20,26,28H,6-19,21-25H2,1-5H3/q+1. The molecular formula is C31H56N3O4S+. The molecule has 2 rings (SSSR count). The third-order valence-corrected chi connectivity index (χ3v) is 8.13. The highest BCUT2D eigenvalue weighted by Crippen LogP contribution is 2.34. The quantitative estimate of drug-likeness (QED) is 0.0796. The Morgan fingerprint density at radius 2 is 1.59 bits per heavy atom. The second-order valence-electron chi connectivity index (χ2n) is 11.5. The van der Waals surface area contributed by atoms with Gasteiger partial charge in [-0.25, -0.2) is 4.84 Å². The predicted molar refractivity (Wildman–Crippen MR) is 160 cm³/mol. The topological polar surface area (TPSA) is 70.5 Å². The molecule has 0 aliphatic carbocycles. The van der Waals surface area contributed by atoms with E-state index in [1.807, 2.05) is 0 Å². The summed E-state index contributed by atoms with van der Waals surface area (Å²) < 4.78 is 21.5. The Morgan fingerprint density at radius 3 is 2.23 bits per heavy atom. The lowest BCUT2D eigenvalue weighted by Crippen LogP contribution is -2.58. The highest BCUT2D eigenvalue weighted by molar-refractivity contribution is 6.99. The van der Waals surface area contributed by atoms with Crippen LogP contribution in [0.25, 0.3) is 5.57 Å². The number of quaternary nitrogens is 1. The van der Waals surface area contributed by atoms with Gasteiger partial charge in [-0.05, 0) is 18.8 Å². The first kappa shape index (κ1) is 33.7. The zero-order valence-electron chi connectivity index (χ0n) is 25.5. The molecule has 0 radical (unpaired) electrons. The van der Waals surface area contributed by atoms with Gasteiger partial charge in [-0.3, -0.25) is 4.79 Å². The number of hydrogen-bond donors (Lipinski definition) is 0. The van der Waals surface area contributed by atoms with Crippen LogP contribution >= 0.6 is 11.7 Å².